The Hall–Kier alpha value is -0.877. The molecule has 0 saturated carbocycles. The van der Waals surface area contributed by atoms with Crippen molar-refractivity contribution >= 4 is 21.5 Å². The van der Waals surface area contributed by atoms with Gasteiger partial charge in [-0.05, 0) is 11.8 Å². The molecule has 30 heavy (non-hydrogen) atoms. The summed E-state index contributed by atoms with van der Waals surface area (Å²) in [6, 6.07) is 26.1. The van der Waals surface area contributed by atoms with Crippen LogP contribution in [0.15, 0.2) is 72.8 Å². The number of halogens is 2. The third-order valence-electron chi connectivity index (χ3n) is 4.61. The summed E-state index contributed by atoms with van der Waals surface area (Å²) in [6.07, 6.45) is 0.750. The fourth-order valence-corrected chi connectivity index (χ4v) is 3.02. The van der Waals surface area contributed by atoms with Crippen molar-refractivity contribution in [1.29, 1.82) is 0 Å². The predicted molar refractivity (Wildman–Crippen MR) is 123 cm³/mol. The zero-order chi connectivity index (χ0) is 19.8. The predicted octanol–water partition coefficient (Wildman–Crippen LogP) is 2.41. The van der Waals surface area contributed by atoms with E-state index < -0.39 is 0 Å². The summed E-state index contributed by atoms with van der Waals surface area (Å²) in [5.74, 6) is 1.27. The minimum Gasteiger partial charge on any atom is -1.00 e. The van der Waals surface area contributed by atoms with Crippen LogP contribution in [0.5, 0.6) is 0 Å². The Morgan fingerprint density at radius 2 is 0.967 bits per heavy atom. The summed E-state index contributed by atoms with van der Waals surface area (Å²) in [5, 5.41) is 5.45. The minimum atomic E-state index is 0. The molecule has 162 valence electrons. The summed E-state index contributed by atoms with van der Waals surface area (Å²) < 4.78 is 0. The molecule has 0 N–H and O–H groups in total. The third kappa shape index (κ3) is 9.09. The van der Waals surface area contributed by atoms with Crippen LogP contribution in [0.2, 0.25) is 0 Å². The molecule has 0 heterocycles. The van der Waals surface area contributed by atoms with E-state index in [4.69, 9.17) is 0 Å². The van der Waals surface area contributed by atoms with E-state index in [1.807, 2.05) is 0 Å². The molecule has 0 radical (unpaired) electrons. The van der Waals surface area contributed by atoms with Gasteiger partial charge in [-0.1, -0.05) is 39.8 Å². The van der Waals surface area contributed by atoms with Crippen LogP contribution >= 0.6 is 0 Å². The first-order valence-corrected chi connectivity index (χ1v) is 9.85. The second-order valence-electron chi connectivity index (χ2n) is 7.50. The average molecular weight is 519 g/mol. The van der Waals surface area contributed by atoms with Crippen LogP contribution in [0, 0.1) is 13.8 Å². The second kappa shape index (κ2) is 15.9. The molecule has 4 aromatic carbocycles. The third-order valence-corrected chi connectivity index (χ3v) is 4.61. The molecule has 0 spiro atoms. The number of benzene rings is 2. The van der Waals surface area contributed by atoms with E-state index in [1.165, 1.54) is 32.7 Å². The molecule has 3 heteroatoms. The molecular formula is C27H32Cl2Zr-4. The van der Waals surface area contributed by atoms with Crippen LogP contribution in [0.3, 0.4) is 0 Å². The van der Waals surface area contributed by atoms with Crippen molar-refractivity contribution in [2.45, 2.75) is 46.0 Å². The van der Waals surface area contributed by atoms with Crippen LogP contribution in [-0.2, 0) is 26.2 Å². The molecule has 0 aliphatic rings. The van der Waals surface area contributed by atoms with Crippen molar-refractivity contribution in [2.24, 2.45) is 0 Å². The van der Waals surface area contributed by atoms with Crippen LogP contribution < -0.4 is 24.8 Å². The number of rotatable bonds is 2. The topological polar surface area (TPSA) is 0 Å². The molecule has 0 amide bonds. The average Bonchev–Trinajstić information content (AvgIpc) is 3.27. The van der Waals surface area contributed by atoms with E-state index in [2.05, 4.69) is 114 Å². The van der Waals surface area contributed by atoms with Gasteiger partial charge in [0.2, 0.25) is 0 Å². The SMILES string of the molecule is CC(C)c1cc2ccccc2[cH-]1.CC(C)c1cc2ccccc2[cH-]1.[CH2-]C[CH2-].[Cl-].[Cl-].[Zr+2]. The minimum absolute atomic E-state index is 0. The smallest absolute Gasteiger partial charge is 1.00 e. The maximum Gasteiger partial charge on any atom is 2.00 e. The first-order chi connectivity index (χ1) is 13.0. The van der Waals surface area contributed by atoms with E-state index in [1.54, 1.807) is 0 Å². The van der Waals surface area contributed by atoms with Crippen LogP contribution in [0.25, 0.3) is 21.5 Å². The summed E-state index contributed by atoms with van der Waals surface area (Å²) in [4.78, 5) is 0. The van der Waals surface area contributed by atoms with E-state index in [0.717, 1.165) is 6.42 Å². The van der Waals surface area contributed by atoms with Crippen molar-refractivity contribution in [3.8, 4) is 0 Å². The quantitative estimate of drug-likeness (QED) is 0.358. The molecule has 0 fully saturated rings. The van der Waals surface area contributed by atoms with E-state index in [0.29, 0.717) is 11.8 Å². The van der Waals surface area contributed by atoms with Crippen LogP contribution in [0.4, 0.5) is 0 Å². The maximum absolute atomic E-state index is 3.38. The van der Waals surface area contributed by atoms with Crippen LogP contribution in [-0.4, -0.2) is 0 Å². The first kappa shape index (κ1) is 31.3. The number of hydrogen-bond donors (Lipinski definition) is 0. The Balaban J connectivity index is 0. The Kier molecular flexibility index (Phi) is 16.5. The summed E-state index contributed by atoms with van der Waals surface area (Å²) in [7, 11) is 0. The van der Waals surface area contributed by atoms with E-state index >= 15 is 0 Å². The standard InChI is InChI=1S/2C12H13.C3H6.2ClH.Zr/c2*1-9(2)12-7-10-5-3-4-6-11(10)8-12;1-3-2;;;/h2*3-9H,1-2H3;1-3H2;2*1H;/q2*-1;-2;;;+2/p-2. The molecule has 4 aromatic rings. The molecule has 4 rings (SSSR count). The van der Waals surface area contributed by atoms with Crippen molar-refractivity contribution in [3.05, 3.63) is 97.8 Å². The monoisotopic (exact) mass is 516 g/mol. The van der Waals surface area contributed by atoms with Gasteiger partial charge >= 0.3 is 26.2 Å². The molecule has 0 atom stereocenters. The van der Waals surface area contributed by atoms with Crippen LogP contribution in [0.1, 0.15) is 57.1 Å². The largest absolute Gasteiger partial charge is 2.00 e. The van der Waals surface area contributed by atoms with Gasteiger partial charge in [0.1, 0.15) is 0 Å². The Labute approximate surface area is 215 Å². The van der Waals surface area contributed by atoms with Gasteiger partial charge in [0, 0.05) is 0 Å². The fourth-order valence-electron chi connectivity index (χ4n) is 3.02. The van der Waals surface area contributed by atoms with Gasteiger partial charge in [-0.25, -0.2) is 0 Å². The Morgan fingerprint density at radius 3 is 1.23 bits per heavy atom. The number of hydrogen-bond acceptors (Lipinski definition) is 0. The molecule has 0 aliphatic heterocycles. The van der Waals surface area contributed by atoms with Gasteiger partial charge in [-0.2, -0.15) is 12.1 Å². The van der Waals surface area contributed by atoms with Gasteiger partial charge in [-0.3, -0.25) is 0 Å². The summed E-state index contributed by atoms with van der Waals surface area (Å²) >= 11 is 0. The second-order valence-corrected chi connectivity index (χ2v) is 7.50. The van der Waals surface area contributed by atoms with Gasteiger partial charge in [0.15, 0.2) is 0 Å². The van der Waals surface area contributed by atoms with Gasteiger partial charge in [0.25, 0.3) is 0 Å². The molecule has 0 nitrogen and oxygen atoms in total. The van der Waals surface area contributed by atoms with Crippen molar-refractivity contribution < 1.29 is 51.0 Å². The molecule has 0 bridgehead atoms. The van der Waals surface area contributed by atoms with Gasteiger partial charge < -0.3 is 45.1 Å². The molecule has 0 saturated heterocycles. The molecule has 0 aromatic heterocycles. The van der Waals surface area contributed by atoms with Gasteiger partial charge in [0.05, 0.1) is 0 Å². The first-order valence-electron chi connectivity index (χ1n) is 9.85. The summed E-state index contributed by atoms with van der Waals surface area (Å²) in [5.41, 5.74) is 2.88. The maximum atomic E-state index is 3.38. The van der Waals surface area contributed by atoms with E-state index in [9.17, 15) is 0 Å². The Bertz CT molecular complexity index is 803. The molecule has 0 aliphatic carbocycles. The van der Waals surface area contributed by atoms with Crippen molar-refractivity contribution in [1.82, 2.24) is 0 Å². The van der Waals surface area contributed by atoms with Gasteiger partial charge in [-0.15, -0.1) is 81.2 Å². The normalized spacial score (nSPS) is 9.60. The van der Waals surface area contributed by atoms with Crippen molar-refractivity contribution in [3.63, 3.8) is 0 Å². The van der Waals surface area contributed by atoms with Crippen molar-refractivity contribution in [2.75, 3.05) is 0 Å². The van der Waals surface area contributed by atoms with E-state index in [-0.39, 0.29) is 51.0 Å². The zero-order valence-corrected chi connectivity index (χ0v) is 22.4. The summed E-state index contributed by atoms with van der Waals surface area (Å²) in [6.45, 7) is 15.7. The molecule has 0 unspecified atom stereocenters. The Morgan fingerprint density at radius 1 is 0.667 bits per heavy atom. The zero-order valence-electron chi connectivity index (χ0n) is 18.5. The fraction of sp³-hybridized carbons (Fsp3) is 0.259. The molecular weight excluding hydrogens is 486 g/mol. The number of fused-ring (bicyclic) bond motifs is 2.